The van der Waals surface area contributed by atoms with E-state index in [4.69, 9.17) is 16.3 Å². The lowest BCUT2D eigenvalue weighted by Gasteiger charge is -2.32. The predicted octanol–water partition coefficient (Wildman–Crippen LogP) is 3.88. The molecule has 1 unspecified atom stereocenters. The summed E-state index contributed by atoms with van der Waals surface area (Å²) in [5.74, 6) is 1.52. The first-order chi connectivity index (χ1) is 14.1. The molecule has 2 aromatic rings. The zero-order valence-electron chi connectivity index (χ0n) is 16.4. The van der Waals surface area contributed by atoms with Gasteiger partial charge in [-0.05, 0) is 73.1 Å². The molecule has 0 aromatic heterocycles. The van der Waals surface area contributed by atoms with Crippen LogP contribution in [0.25, 0.3) is 0 Å². The van der Waals surface area contributed by atoms with Crippen LogP contribution in [0.15, 0.2) is 42.5 Å². The number of carbonyl (C=O) groups excluding carboxylic acids is 1. The average Bonchev–Trinajstić information content (AvgIpc) is 2.74. The van der Waals surface area contributed by atoms with Gasteiger partial charge < -0.3 is 20.1 Å². The van der Waals surface area contributed by atoms with Gasteiger partial charge in [-0.2, -0.15) is 0 Å². The Hall–Kier alpha value is -2.24. The van der Waals surface area contributed by atoms with E-state index in [9.17, 15) is 9.90 Å². The number of aryl methyl sites for hydroxylation is 1. The zero-order chi connectivity index (χ0) is 20.2. The normalized spacial score (nSPS) is 19.4. The van der Waals surface area contributed by atoms with Crippen LogP contribution >= 0.6 is 11.6 Å². The Morgan fingerprint density at radius 3 is 2.66 bits per heavy atom. The molecule has 29 heavy (non-hydrogen) atoms. The minimum atomic E-state index is -0.457. The van der Waals surface area contributed by atoms with Gasteiger partial charge in [0.15, 0.2) is 0 Å². The highest BCUT2D eigenvalue weighted by Crippen LogP contribution is 2.29. The third-order valence-electron chi connectivity index (χ3n) is 5.81. The Balaban J connectivity index is 1.23. The number of aliphatic hydroxyl groups is 1. The number of fused-ring (bicyclic) bond motifs is 1. The molecule has 1 atom stereocenters. The van der Waals surface area contributed by atoms with Crippen LogP contribution in [0.2, 0.25) is 5.02 Å². The smallest absolute Gasteiger partial charge is 0.226 e. The average molecular weight is 415 g/mol. The highest BCUT2D eigenvalue weighted by Gasteiger charge is 2.23. The number of piperidine rings is 1. The van der Waals surface area contributed by atoms with Crippen molar-refractivity contribution in [1.29, 1.82) is 0 Å². The fourth-order valence-corrected chi connectivity index (χ4v) is 4.13. The van der Waals surface area contributed by atoms with Crippen LogP contribution < -0.4 is 10.1 Å². The molecule has 0 bridgehead atoms. The van der Waals surface area contributed by atoms with E-state index >= 15 is 0 Å². The number of nitrogens with zero attached hydrogens (tertiary/aromatic N) is 1. The second kappa shape index (κ2) is 9.06. The number of rotatable bonds is 5. The Bertz CT molecular complexity index is 848. The lowest BCUT2D eigenvalue weighted by molar-refractivity contribution is -0.132. The monoisotopic (exact) mass is 414 g/mol. The van der Waals surface area contributed by atoms with Gasteiger partial charge in [-0.1, -0.05) is 23.7 Å². The van der Waals surface area contributed by atoms with Crippen molar-refractivity contribution in [3.8, 4) is 5.75 Å². The number of aliphatic hydroxyl groups excluding tert-OH is 1. The summed E-state index contributed by atoms with van der Waals surface area (Å²) in [5, 5.41) is 13.5. The second-order valence-corrected chi connectivity index (χ2v) is 8.39. The number of hydrogen-bond donors (Lipinski definition) is 2. The first-order valence-corrected chi connectivity index (χ1v) is 10.7. The summed E-state index contributed by atoms with van der Waals surface area (Å²) in [6.45, 7) is 2.24. The minimum Gasteiger partial charge on any atom is -0.493 e. The number of benzene rings is 2. The molecule has 0 radical (unpaired) electrons. The van der Waals surface area contributed by atoms with Crippen molar-refractivity contribution in [3.63, 3.8) is 0 Å². The van der Waals surface area contributed by atoms with Crippen molar-refractivity contribution in [1.82, 2.24) is 4.90 Å². The summed E-state index contributed by atoms with van der Waals surface area (Å²) in [5.41, 5.74) is 3.18. The summed E-state index contributed by atoms with van der Waals surface area (Å²) in [6.07, 6.45) is 3.47. The highest BCUT2D eigenvalue weighted by molar-refractivity contribution is 6.30. The van der Waals surface area contributed by atoms with E-state index in [1.54, 1.807) is 0 Å². The molecule has 0 spiro atoms. The first-order valence-electron chi connectivity index (χ1n) is 10.3. The summed E-state index contributed by atoms with van der Waals surface area (Å²) in [6, 6.07) is 13.5. The molecule has 1 amide bonds. The first kappa shape index (κ1) is 20.0. The summed E-state index contributed by atoms with van der Waals surface area (Å²) >= 11 is 5.91. The molecular weight excluding hydrogens is 388 g/mol. The van der Waals surface area contributed by atoms with Crippen LogP contribution in [-0.2, 0) is 17.6 Å². The van der Waals surface area contributed by atoms with Crippen LogP contribution in [0.3, 0.4) is 0 Å². The van der Waals surface area contributed by atoms with Crippen LogP contribution in [0, 0.1) is 5.92 Å². The maximum Gasteiger partial charge on any atom is 0.226 e. The van der Waals surface area contributed by atoms with Gasteiger partial charge in [0.2, 0.25) is 5.91 Å². The number of nitrogens with one attached hydrogen (secondary N) is 1. The van der Waals surface area contributed by atoms with Gasteiger partial charge in [0, 0.05) is 23.8 Å². The van der Waals surface area contributed by atoms with Crippen LogP contribution in [-0.4, -0.2) is 41.8 Å². The maximum absolute atomic E-state index is 12.5. The molecule has 2 aliphatic heterocycles. The third-order valence-corrected chi connectivity index (χ3v) is 6.06. The van der Waals surface area contributed by atoms with Gasteiger partial charge >= 0.3 is 0 Å². The molecule has 4 rings (SSSR count). The van der Waals surface area contributed by atoms with Crippen LogP contribution in [0.5, 0.6) is 5.75 Å². The Labute approximate surface area is 176 Å². The lowest BCUT2D eigenvalue weighted by Crippen LogP contribution is -2.40. The second-order valence-electron chi connectivity index (χ2n) is 7.96. The maximum atomic E-state index is 12.5. The zero-order valence-corrected chi connectivity index (χ0v) is 17.2. The molecule has 0 saturated carbocycles. The number of halogens is 1. The molecular formula is C23H27ClN2O3. The molecule has 2 heterocycles. The van der Waals surface area contributed by atoms with E-state index < -0.39 is 6.23 Å². The minimum absolute atomic E-state index is 0.177. The predicted molar refractivity (Wildman–Crippen MR) is 114 cm³/mol. The van der Waals surface area contributed by atoms with E-state index in [2.05, 4.69) is 11.4 Å². The highest BCUT2D eigenvalue weighted by atomic mass is 35.5. The Kier molecular flexibility index (Phi) is 6.26. The molecule has 0 aliphatic carbocycles. The van der Waals surface area contributed by atoms with Crippen LogP contribution in [0.4, 0.5) is 5.69 Å². The number of hydrogen-bond acceptors (Lipinski definition) is 4. The number of anilines is 1. The van der Waals surface area contributed by atoms with Crippen molar-refractivity contribution in [2.75, 3.05) is 25.0 Å². The van der Waals surface area contributed by atoms with E-state index in [0.717, 1.165) is 55.8 Å². The van der Waals surface area contributed by atoms with Crippen molar-refractivity contribution in [2.24, 2.45) is 5.92 Å². The van der Waals surface area contributed by atoms with Gasteiger partial charge in [0.25, 0.3) is 0 Å². The van der Waals surface area contributed by atoms with Gasteiger partial charge in [-0.15, -0.1) is 0 Å². The summed E-state index contributed by atoms with van der Waals surface area (Å²) < 4.78 is 6.03. The van der Waals surface area contributed by atoms with E-state index in [1.807, 2.05) is 41.3 Å². The fourth-order valence-electron chi connectivity index (χ4n) is 4.00. The SMILES string of the molecule is O=C(Cc1ccc(Cl)cc1)N1CCC(COc2ccc3c(c2)CCC(O)N3)CC1. The van der Waals surface area contributed by atoms with Crippen LogP contribution in [0.1, 0.15) is 30.4 Å². The quantitative estimate of drug-likeness (QED) is 0.779. The molecule has 1 fully saturated rings. The Morgan fingerprint density at radius 2 is 1.90 bits per heavy atom. The summed E-state index contributed by atoms with van der Waals surface area (Å²) in [4.78, 5) is 14.5. The number of ether oxygens (including phenoxy) is 1. The molecule has 154 valence electrons. The molecule has 6 heteroatoms. The van der Waals surface area contributed by atoms with E-state index in [0.29, 0.717) is 24.0 Å². The van der Waals surface area contributed by atoms with E-state index in [1.165, 1.54) is 5.56 Å². The topological polar surface area (TPSA) is 61.8 Å². The standard InChI is InChI=1S/C23H27ClN2O3/c24-19-4-1-16(2-5-19)13-23(28)26-11-9-17(10-12-26)15-29-20-6-7-21-18(14-20)3-8-22(27)25-21/h1-2,4-7,14,17,22,25,27H,3,8-13,15H2. The lowest BCUT2D eigenvalue weighted by atomic mass is 9.97. The number of carbonyl (C=O) groups is 1. The van der Waals surface area contributed by atoms with E-state index in [-0.39, 0.29) is 5.91 Å². The molecule has 5 nitrogen and oxygen atoms in total. The van der Waals surface area contributed by atoms with Gasteiger partial charge in [-0.25, -0.2) is 0 Å². The van der Waals surface area contributed by atoms with Gasteiger partial charge in [0.05, 0.1) is 13.0 Å². The largest absolute Gasteiger partial charge is 0.493 e. The Morgan fingerprint density at radius 1 is 1.14 bits per heavy atom. The molecule has 2 aliphatic rings. The molecule has 1 saturated heterocycles. The van der Waals surface area contributed by atoms with Crippen molar-refractivity contribution in [3.05, 3.63) is 58.6 Å². The van der Waals surface area contributed by atoms with Gasteiger partial charge in [0.1, 0.15) is 12.0 Å². The van der Waals surface area contributed by atoms with Crippen molar-refractivity contribution in [2.45, 2.75) is 38.3 Å². The number of likely N-dealkylation sites (tertiary alicyclic amines) is 1. The molecule has 2 N–H and O–H groups in total. The summed E-state index contributed by atoms with van der Waals surface area (Å²) in [7, 11) is 0. The third kappa shape index (κ3) is 5.22. The number of amides is 1. The van der Waals surface area contributed by atoms with Gasteiger partial charge in [-0.3, -0.25) is 4.79 Å². The molecule has 2 aromatic carbocycles. The fraction of sp³-hybridized carbons (Fsp3) is 0.435. The van der Waals surface area contributed by atoms with Crippen molar-refractivity contribution < 1.29 is 14.6 Å². The van der Waals surface area contributed by atoms with Crippen molar-refractivity contribution >= 4 is 23.2 Å².